The number of carboxylic acid groups (broad SMARTS) is 1. The molecular formula is C11H20N2O4. The Morgan fingerprint density at radius 2 is 2.18 bits per heavy atom. The summed E-state index contributed by atoms with van der Waals surface area (Å²) in [6.07, 6.45) is 2.45. The van der Waals surface area contributed by atoms with Crippen molar-refractivity contribution in [3.05, 3.63) is 0 Å². The second-order valence-electron chi connectivity index (χ2n) is 4.28. The third-order valence-electron chi connectivity index (χ3n) is 2.65. The van der Waals surface area contributed by atoms with Crippen LogP contribution in [0, 0.1) is 5.92 Å². The van der Waals surface area contributed by atoms with Crippen LogP contribution in [0.1, 0.15) is 12.8 Å². The lowest BCUT2D eigenvalue weighted by Gasteiger charge is -2.20. The van der Waals surface area contributed by atoms with Crippen LogP contribution in [0.25, 0.3) is 0 Å². The molecule has 0 aromatic heterocycles. The van der Waals surface area contributed by atoms with Gasteiger partial charge >= 0.3 is 5.97 Å². The maximum atomic E-state index is 11.7. The first-order valence-corrected chi connectivity index (χ1v) is 5.82. The summed E-state index contributed by atoms with van der Waals surface area (Å²) in [6.45, 7) is 1.44. The van der Waals surface area contributed by atoms with Crippen LogP contribution in [-0.2, 0) is 14.3 Å². The summed E-state index contributed by atoms with van der Waals surface area (Å²) in [5.41, 5.74) is 0. The summed E-state index contributed by atoms with van der Waals surface area (Å²) in [6, 6.07) is 0. The summed E-state index contributed by atoms with van der Waals surface area (Å²) < 4.78 is 4.85. The highest BCUT2D eigenvalue weighted by Crippen LogP contribution is 2.27. The summed E-state index contributed by atoms with van der Waals surface area (Å²) >= 11 is 0. The Balaban J connectivity index is 2.25. The molecule has 0 unspecified atom stereocenters. The number of carbonyl (C=O) groups is 2. The van der Waals surface area contributed by atoms with E-state index >= 15 is 0 Å². The Labute approximate surface area is 101 Å². The smallest absolute Gasteiger partial charge is 0.323 e. The normalized spacial score (nSPS) is 14.6. The number of rotatable bonds is 9. The van der Waals surface area contributed by atoms with Crippen LogP contribution in [0.3, 0.4) is 0 Å². The van der Waals surface area contributed by atoms with E-state index in [0.29, 0.717) is 19.1 Å². The first-order valence-electron chi connectivity index (χ1n) is 5.82. The van der Waals surface area contributed by atoms with Crippen molar-refractivity contribution in [3.8, 4) is 0 Å². The number of carbonyl (C=O) groups excluding carboxylic acids is 1. The van der Waals surface area contributed by atoms with Crippen molar-refractivity contribution in [1.29, 1.82) is 0 Å². The first-order chi connectivity index (χ1) is 8.13. The zero-order valence-corrected chi connectivity index (χ0v) is 10.1. The Bertz CT molecular complexity index is 266. The van der Waals surface area contributed by atoms with E-state index < -0.39 is 5.97 Å². The van der Waals surface area contributed by atoms with E-state index in [9.17, 15) is 9.59 Å². The number of amides is 1. The van der Waals surface area contributed by atoms with Gasteiger partial charge in [0.05, 0.1) is 13.2 Å². The number of nitrogens with zero attached hydrogens (tertiary/aromatic N) is 1. The van der Waals surface area contributed by atoms with Crippen LogP contribution in [-0.4, -0.2) is 61.8 Å². The van der Waals surface area contributed by atoms with E-state index in [4.69, 9.17) is 9.84 Å². The van der Waals surface area contributed by atoms with E-state index in [1.807, 2.05) is 0 Å². The van der Waals surface area contributed by atoms with E-state index in [1.165, 1.54) is 24.9 Å². The molecule has 98 valence electrons. The minimum Gasteiger partial charge on any atom is -0.480 e. The minimum atomic E-state index is -1.00. The van der Waals surface area contributed by atoms with Crippen molar-refractivity contribution in [1.82, 2.24) is 10.2 Å². The number of ether oxygens (including phenoxy) is 1. The third kappa shape index (κ3) is 6.23. The van der Waals surface area contributed by atoms with Gasteiger partial charge in [-0.05, 0) is 25.3 Å². The van der Waals surface area contributed by atoms with Gasteiger partial charge < -0.3 is 20.1 Å². The highest BCUT2D eigenvalue weighted by Gasteiger charge is 2.21. The average molecular weight is 244 g/mol. The Morgan fingerprint density at radius 3 is 2.71 bits per heavy atom. The van der Waals surface area contributed by atoms with Crippen molar-refractivity contribution in [2.24, 2.45) is 5.92 Å². The zero-order valence-electron chi connectivity index (χ0n) is 10.1. The van der Waals surface area contributed by atoms with Crippen LogP contribution in [0.5, 0.6) is 0 Å². The van der Waals surface area contributed by atoms with Crippen molar-refractivity contribution < 1.29 is 19.4 Å². The van der Waals surface area contributed by atoms with E-state index in [0.717, 1.165) is 6.54 Å². The predicted molar refractivity (Wildman–Crippen MR) is 61.7 cm³/mol. The Morgan fingerprint density at radius 1 is 1.47 bits per heavy atom. The van der Waals surface area contributed by atoms with E-state index in [-0.39, 0.29) is 19.0 Å². The molecule has 0 heterocycles. The van der Waals surface area contributed by atoms with Gasteiger partial charge in [0.2, 0.25) is 5.91 Å². The average Bonchev–Trinajstić information content (AvgIpc) is 3.07. The molecule has 1 rings (SSSR count). The first kappa shape index (κ1) is 13.9. The Kier molecular flexibility index (Phi) is 5.93. The third-order valence-corrected chi connectivity index (χ3v) is 2.65. The lowest BCUT2D eigenvalue weighted by atomic mass is 10.4. The fourth-order valence-corrected chi connectivity index (χ4v) is 1.47. The molecule has 0 saturated heterocycles. The maximum Gasteiger partial charge on any atom is 0.323 e. The fraction of sp³-hybridized carbons (Fsp3) is 0.818. The molecule has 0 radical (unpaired) electrons. The van der Waals surface area contributed by atoms with Crippen LogP contribution in [0.4, 0.5) is 0 Å². The van der Waals surface area contributed by atoms with Crippen LogP contribution in [0.2, 0.25) is 0 Å². The van der Waals surface area contributed by atoms with Crippen molar-refractivity contribution >= 4 is 11.9 Å². The molecule has 0 bridgehead atoms. The number of nitrogens with one attached hydrogen (secondary N) is 1. The summed E-state index contributed by atoms with van der Waals surface area (Å²) in [5, 5.41) is 11.8. The Hall–Kier alpha value is -1.14. The number of hydrogen-bond donors (Lipinski definition) is 2. The number of aliphatic carboxylic acids is 1. The molecule has 17 heavy (non-hydrogen) atoms. The van der Waals surface area contributed by atoms with Crippen LogP contribution >= 0.6 is 0 Å². The van der Waals surface area contributed by atoms with Gasteiger partial charge in [-0.25, -0.2) is 0 Å². The molecule has 0 atom stereocenters. The van der Waals surface area contributed by atoms with E-state index in [1.54, 1.807) is 0 Å². The molecular weight excluding hydrogens is 224 g/mol. The molecule has 1 saturated carbocycles. The van der Waals surface area contributed by atoms with Crippen molar-refractivity contribution in [2.75, 3.05) is 39.9 Å². The molecule has 0 aromatic carbocycles. The van der Waals surface area contributed by atoms with Crippen molar-refractivity contribution in [3.63, 3.8) is 0 Å². The van der Waals surface area contributed by atoms with Crippen LogP contribution < -0.4 is 5.32 Å². The molecule has 0 spiro atoms. The van der Waals surface area contributed by atoms with Crippen LogP contribution in [0.15, 0.2) is 0 Å². The molecule has 6 heteroatoms. The highest BCUT2D eigenvalue weighted by molar-refractivity contribution is 5.82. The van der Waals surface area contributed by atoms with Gasteiger partial charge in [0.1, 0.15) is 6.54 Å². The molecule has 1 aliphatic rings. The lowest BCUT2D eigenvalue weighted by molar-refractivity contribution is -0.144. The fourth-order valence-electron chi connectivity index (χ4n) is 1.47. The second-order valence-corrected chi connectivity index (χ2v) is 4.28. The lowest BCUT2D eigenvalue weighted by Crippen LogP contribution is -2.43. The SMILES string of the molecule is COCCN(CC(=O)O)C(=O)CNCC1CC1. The molecule has 1 aliphatic carbocycles. The van der Waals surface area contributed by atoms with E-state index in [2.05, 4.69) is 5.32 Å². The molecule has 0 aromatic rings. The summed E-state index contributed by atoms with van der Waals surface area (Å²) in [7, 11) is 1.52. The quantitative estimate of drug-likeness (QED) is 0.574. The van der Waals surface area contributed by atoms with Gasteiger partial charge in [-0.15, -0.1) is 0 Å². The van der Waals surface area contributed by atoms with Gasteiger partial charge in [0.25, 0.3) is 0 Å². The highest BCUT2D eigenvalue weighted by atomic mass is 16.5. The number of carboxylic acids is 1. The van der Waals surface area contributed by atoms with Gasteiger partial charge in [0, 0.05) is 13.7 Å². The molecule has 2 N–H and O–H groups in total. The zero-order chi connectivity index (χ0) is 12.7. The van der Waals surface area contributed by atoms with Gasteiger partial charge in [-0.2, -0.15) is 0 Å². The van der Waals surface area contributed by atoms with Gasteiger partial charge in [-0.1, -0.05) is 0 Å². The molecule has 1 fully saturated rings. The number of methoxy groups -OCH3 is 1. The molecule has 1 amide bonds. The van der Waals surface area contributed by atoms with Gasteiger partial charge in [0.15, 0.2) is 0 Å². The summed E-state index contributed by atoms with van der Waals surface area (Å²) in [4.78, 5) is 23.6. The summed E-state index contributed by atoms with van der Waals surface area (Å²) in [5.74, 6) is -0.489. The predicted octanol–water partition coefficient (Wildman–Crippen LogP) is -0.454. The largest absolute Gasteiger partial charge is 0.480 e. The molecule has 6 nitrogen and oxygen atoms in total. The standard InChI is InChI=1S/C11H20N2O4/c1-17-5-4-13(8-11(15)16)10(14)7-12-6-9-2-3-9/h9,12H,2-8H2,1H3,(H,15,16). The monoisotopic (exact) mass is 244 g/mol. The second kappa shape index (κ2) is 7.24. The topological polar surface area (TPSA) is 78.9 Å². The number of hydrogen-bond acceptors (Lipinski definition) is 4. The van der Waals surface area contributed by atoms with Crippen molar-refractivity contribution in [2.45, 2.75) is 12.8 Å². The van der Waals surface area contributed by atoms with Gasteiger partial charge in [-0.3, -0.25) is 9.59 Å². The minimum absolute atomic E-state index is 0.190. The maximum absolute atomic E-state index is 11.7. The molecule has 0 aliphatic heterocycles.